The second-order valence-corrected chi connectivity index (χ2v) is 6.33. The zero-order valence-electron chi connectivity index (χ0n) is 13.9. The van der Waals surface area contributed by atoms with Crippen LogP contribution < -0.4 is 5.32 Å². The number of aromatic hydroxyl groups is 1. The van der Waals surface area contributed by atoms with E-state index in [2.05, 4.69) is 5.32 Å². The highest BCUT2D eigenvalue weighted by Crippen LogP contribution is 2.35. The molecule has 0 radical (unpaired) electrons. The Morgan fingerprint density at radius 2 is 1.89 bits per heavy atom. The van der Waals surface area contributed by atoms with Crippen molar-refractivity contribution < 1.29 is 32.3 Å². The summed E-state index contributed by atoms with van der Waals surface area (Å²) in [6.07, 6.45) is -5.09. The van der Waals surface area contributed by atoms with Crippen molar-refractivity contribution >= 4 is 11.7 Å². The average Bonchev–Trinajstić information content (AvgIpc) is 2.99. The molecule has 0 aromatic heterocycles. The fraction of sp³-hybridized carbons (Fsp3) is 0.263. The van der Waals surface area contributed by atoms with E-state index in [1.165, 1.54) is 24.3 Å². The summed E-state index contributed by atoms with van der Waals surface area (Å²) < 4.78 is 52.7. The van der Waals surface area contributed by atoms with E-state index < -0.39 is 53.3 Å². The van der Waals surface area contributed by atoms with Gasteiger partial charge in [-0.3, -0.25) is 9.59 Å². The molecule has 8 heteroatoms. The minimum absolute atomic E-state index is 0.000194. The van der Waals surface area contributed by atoms with Gasteiger partial charge < -0.3 is 10.4 Å². The molecule has 2 aromatic rings. The van der Waals surface area contributed by atoms with E-state index in [9.17, 15) is 32.3 Å². The van der Waals surface area contributed by atoms with Crippen LogP contribution in [0, 0.1) is 11.7 Å². The molecule has 1 aliphatic heterocycles. The fourth-order valence-corrected chi connectivity index (χ4v) is 3.25. The molecule has 27 heavy (non-hydrogen) atoms. The van der Waals surface area contributed by atoms with Gasteiger partial charge in [-0.15, -0.1) is 0 Å². The third kappa shape index (κ3) is 3.79. The summed E-state index contributed by atoms with van der Waals surface area (Å²) in [4.78, 5) is 24.8. The quantitative estimate of drug-likeness (QED) is 0.632. The number of halogens is 4. The van der Waals surface area contributed by atoms with Crippen molar-refractivity contribution in [1.29, 1.82) is 0 Å². The van der Waals surface area contributed by atoms with Crippen molar-refractivity contribution in [2.75, 3.05) is 6.54 Å². The van der Waals surface area contributed by atoms with Crippen LogP contribution in [0.2, 0.25) is 0 Å². The number of hydrogen-bond acceptors (Lipinski definition) is 3. The standard InChI is InChI=1S/C19H15F4NO3/c20-14-5-2-6-15(25)12(14)8-16(26)17-13(9-24-18(17)27)10-3-1-4-11(7-10)19(21,22)23/h1-7,13,17,25H,8-9H2,(H,24,27)/t13-,17?/m1/s1. The van der Waals surface area contributed by atoms with Crippen molar-refractivity contribution in [3.8, 4) is 5.75 Å². The largest absolute Gasteiger partial charge is 0.508 e. The number of Topliss-reactive ketones (excluding diaryl/α,β-unsaturated/α-hetero) is 1. The lowest BCUT2D eigenvalue weighted by Gasteiger charge is -2.18. The lowest BCUT2D eigenvalue weighted by atomic mass is 9.83. The topological polar surface area (TPSA) is 66.4 Å². The summed E-state index contributed by atoms with van der Waals surface area (Å²) in [7, 11) is 0. The number of phenolic OH excluding ortho intramolecular Hbond substituents is 1. The van der Waals surface area contributed by atoms with Crippen molar-refractivity contribution in [3.63, 3.8) is 0 Å². The Balaban J connectivity index is 1.90. The SMILES string of the molecule is O=C(Cc1c(O)cccc1F)C1C(=O)NC[C@@H]1c1cccc(C(F)(F)F)c1. The molecule has 1 fully saturated rings. The number of phenols is 1. The van der Waals surface area contributed by atoms with Crippen LogP contribution in [0.5, 0.6) is 5.75 Å². The highest BCUT2D eigenvalue weighted by molar-refractivity contribution is 6.04. The van der Waals surface area contributed by atoms with Gasteiger partial charge in [-0.25, -0.2) is 4.39 Å². The van der Waals surface area contributed by atoms with Gasteiger partial charge in [0.1, 0.15) is 17.5 Å². The maximum Gasteiger partial charge on any atom is 0.416 e. The van der Waals surface area contributed by atoms with Crippen LogP contribution in [0.15, 0.2) is 42.5 Å². The van der Waals surface area contributed by atoms with Gasteiger partial charge in [0, 0.05) is 24.4 Å². The van der Waals surface area contributed by atoms with E-state index in [4.69, 9.17) is 0 Å². The summed E-state index contributed by atoms with van der Waals surface area (Å²) in [6, 6.07) is 8.00. The molecule has 0 saturated carbocycles. The van der Waals surface area contributed by atoms with E-state index in [1.807, 2.05) is 0 Å². The van der Waals surface area contributed by atoms with E-state index in [0.717, 1.165) is 18.2 Å². The Kier molecular flexibility index (Phi) is 4.91. The lowest BCUT2D eigenvalue weighted by molar-refractivity contribution is -0.137. The molecule has 0 aliphatic carbocycles. The molecule has 2 N–H and O–H groups in total. The monoisotopic (exact) mass is 381 g/mol. The van der Waals surface area contributed by atoms with Gasteiger partial charge in [0.05, 0.1) is 5.56 Å². The lowest BCUT2D eigenvalue weighted by Crippen LogP contribution is -2.29. The summed E-state index contributed by atoms with van der Waals surface area (Å²) in [5.41, 5.74) is -0.929. The van der Waals surface area contributed by atoms with Crippen LogP contribution in [0.25, 0.3) is 0 Å². The number of alkyl halides is 3. The van der Waals surface area contributed by atoms with Gasteiger partial charge in [-0.1, -0.05) is 24.3 Å². The van der Waals surface area contributed by atoms with Gasteiger partial charge in [0.25, 0.3) is 0 Å². The number of benzene rings is 2. The second kappa shape index (κ2) is 7.02. The predicted octanol–water partition coefficient (Wildman–Crippen LogP) is 3.19. The highest BCUT2D eigenvalue weighted by Gasteiger charge is 2.41. The maximum atomic E-state index is 13.9. The summed E-state index contributed by atoms with van der Waals surface area (Å²) >= 11 is 0. The van der Waals surface area contributed by atoms with Crippen molar-refractivity contribution in [3.05, 3.63) is 65.0 Å². The molecule has 142 valence electrons. The first kappa shape index (κ1) is 18.9. The molecule has 1 aliphatic rings. The number of ketones is 1. The number of carbonyl (C=O) groups is 2. The Bertz CT molecular complexity index is 875. The van der Waals surface area contributed by atoms with Crippen molar-refractivity contribution in [2.24, 2.45) is 5.92 Å². The molecule has 1 unspecified atom stereocenters. The molecule has 2 atom stereocenters. The molecule has 2 aromatic carbocycles. The Morgan fingerprint density at radius 1 is 1.19 bits per heavy atom. The minimum Gasteiger partial charge on any atom is -0.508 e. The zero-order chi connectivity index (χ0) is 19.8. The summed E-state index contributed by atoms with van der Waals surface area (Å²) in [5.74, 6) is -4.57. The summed E-state index contributed by atoms with van der Waals surface area (Å²) in [6.45, 7) is -0.000194. The van der Waals surface area contributed by atoms with E-state index in [1.54, 1.807) is 0 Å². The second-order valence-electron chi connectivity index (χ2n) is 6.33. The molecule has 1 amide bonds. The molecule has 0 bridgehead atoms. The molecule has 3 rings (SSSR count). The van der Waals surface area contributed by atoms with E-state index >= 15 is 0 Å². The van der Waals surface area contributed by atoms with Gasteiger partial charge in [-0.05, 0) is 23.8 Å². The number of hydrogen-bond donors (Lipinski definition) is 2. The first-order valence-electron chi connectivity index (χ1n) is 8.12. The van der Waals surface area contributed by atoms with Crippen molar-refractivity contribution in [1.82, 2.24) is 5.32 Å². The number of amides is 1. The number of carbonyl (C=O) groups excluding carboxylic acids is 2. The first-order valence-corrected chi connectivity index (χ1v) is 8.12. The molecule has 4 nitrogen and oxygen atoms in total. The normalized spacial score (nSPS) is 19.8. The number of nitrogens with one attached hydrogen (secondary N) is 1. The maximum absolute atomic E-state index is 13.9. The summed E-state index contributed by atoms with van der Waals surface area (Å²) in [5, 5.41) is 12.2. The minimum atomic E-state index is -4.55. The van der Waals surface area contributed by atoms with Crippen LogP contribution in [-0.2, 0) is 22.2 Å². The fourth-order valence-electron chi connectivity index (χ4n) is 3.25. The molecular formula is C19H15F4NO3. The highest BCUT2D eigenvalue weighted by atomic mass is 19.4. The third-order valence-electron chi connectivity index (χ3n) is 4.62. The van der Waals surface area contributed by atoms with E-state index in [-0.39, 0.29) is 17.7 Å². The van der Waals surface area contributed by atoms with E-state index in [0.29, 0.717) is 0 Å². The van der Waals surface area contributed by atoms with Crippen LogP contribution >= 0.6 is 0 Å². The first-order chi connectivity index (χ1) is 12.7. The number of rotatable bonds is 4. The average molecular weight is 381 g/mol. The Labute approximate surface area is 151 Å². The van der Waals surface area contributed by atoms with Gasteiger partial charge in [-0.2, -0.15) is 13.2 Å². The molecular weight excluding hydrogens is 366 g/mol. The molecule has 0 spiro atoms. The van der Waals surface area contributed by atoms with Crippen LogP contribution in [0.3, 0.4) is 0 Å². The third-order valence-corrected chi connectivity index (χ3v) is 4.62. The smallest absolute Gasteiger partial charge is 0.416 e. The zero-order valence-corrected chi connectivity index (χ0v) is 13.9. The van der Waals surface area contributed by atoms with Gasteiger partial charge in [0.2, 0.25) is 5.91 Å². The molecule has 1 heterocycles. The predicted molar refractivity (Wildman–Crippen MR) is 87.5 cm³/mol. The van der Waals surface area contributed by atoms with Crippen LogP contribution in [0.4, 0.5) is 17.6 Å². The van der Waals surface area contributed by atoms with Gasteiger partial charge in [0.15, 0.2) is 5.78 Å². The Hall–Kier alpha value is -2.90. The van der Waals surface area contributed by atoms with Crippen LogP contribution in [-0.4, -0.2) is 23.3 Å². The Morgan fingerprint density at radius 3 is 2.56 bits per heavy atom. The van der Waals surface area contributed by atoms with Gasteiger partial charge >= 0.3 is 6.18 Å². The van der Waals surface area contributed by atoms with Crippen LogP contribution in [0.1, 0.15) is 22.6 Å². The molecule has 1 saturated heterocycles. The van der Waals surface area contributed by atoms with Crippen molar-refractivity contribution in [2.45, 2.75) is 18.5 Å².